The van der Waals surface area contributed by atoms with Crippen molar-refractivity contribution in [1.82, 2.24) is 0 Å². The maximum absolute atomic E-state index is 11.8. The van der Waals surface area contributed by atoms with Crippen molar-refractivity contribution in [3.8, 4) is 5.75 Å². The number of hydrogen-bond donors (Lipinski definition) is 0. The normalized spacial score (nSPS) is 10.8. The summed E-state index contributed by atoms with van der Waals surface area (Å²) >= 11 is 0. The van der Waals surface area contributed by atoms with Crippen LogP contribution in [-0.2, 0) is 14.3 Å². The molecule has 0 unspecified atom stereocenters. The number of para-hydroxylation sites is 1. The molecule has 4 heteroatoms. The highest BCUT2D eigenvalue weighted by Gasteiger charge is 2.18. The van der Waals surface area contributed by atoms with Gasteiger partial charge in [-0.15, -0.1) is 0 Å². The maximum Gasteiger partial charge on any atom is 0.422 e. The second-order valence-corrected chi connectivity index (χ2v) is 8.59. The topological polar surface area (TPSA) is 52.6 Å². The summed E-state index contributed by atoms with van der Waals surface area (Å²) in [7, 11) is 0. The van der Waals surface area contributed by atoms with E-state index < -0.39 is 11.9 Å². The summed E-state index contributed by atoms with van der Waals surface area (Å²) in [5, 5.41) is 0. The van der Waals surface area contributed by atoms with Crippen molar-refractivity contribution < 1.29 is 19.1 Å². The Morgan fingerprint density at radius 2 is 1.10 bits per heavy atom. The largest absolute Gasteiger partial charge is 0.457 e. The third kappa shape index (κ3) is 14.7. The molecule has 0 bridgehead atoms. The lowest BCUT2D eigenvalue weighted by molar-refractivity contribution is -0.162. The van der Waals surface area contributed by atoms with Crippen molar-refractivity contribution in [1.29, 1.82) is 0 Å². The van der Waals surface area contributed by atoms with Gasteiger partial charge in [0.15, 0.2) is 0 Å². The van der Waals surface area contributed by atoms with Crippen LogP contribution in [0, 0.1) is 6.92 Å². The molecular weight excluding hydrogens is 388 g/mol. The van der Waals surface area contributed by atoms with Gasteiger partial charge >= 0.3 is 11.9 Å². The van der Waals surface area contributed by atoms with E-state index in [0.717, 1.165) is 24.8 Å². The summed E-state index contributed by atoms with van der Waals surface area (Å²) in [4.78, 5) is 23.5. The quantitative estimate of drug-likeness (QED) is 0.103. The molecule has 4 nitrogen and oxygen atoms in total. The highest BCUT2D eigenvalue weighted by atomic mass is 16.6. The van der Waals surface area contributed by atoms with Crippen molar-refractivity contribution in [2.75, 3.05) is 6.61 Å². The molecule has 0 amide bonds. The van der Waals surface area contributed by atoms with Gasteiger partial charge in [-0.3, -0.25) is 0 Å². The number of rotatable bonds is 18. The molecule has 0 heterocycles. The highest BCUT2D eigenvalue weighted by molar-refractivity contribution is 6.30. The minimum Gasteiger partial charge on any atom is -0.457 e. The molecular formula is C27H44O4. The Balaban J connectivity index is 1.85. The smallest absolute Gasteiger partial charge is 0.422 e. The predicted octanol–water partition coefficient (Wildman–Crippen LogP) is 7.71. The zero-order valence-corrected chi connectivity index (χ0v) is 20.0. The van der Waals surface area contributed by atoms with E-state index in [4.69, 9.17) is 9.47 Å². The monoisotopic (exact) mass is 432 g/mol. The number of ether oxygens (including phenoxy) is 2. The average Bonchev–Trinajstić information content (AvgIpc) is 2.77. The zero-order valence-electron chi connectivity index (χ0n) is 20.0. The van der Waals surface area contributed by atoms with E-state index in [0.29, 0.717) is 5.75 Å². The van der Waals surface area contributed by atoms with Gasteiger partial charge in [-0.25, -0.2) is 9.59 Å². The van der Waals surface area contributed by atoms with Crippen molar-refractivity contribution >= 4 is 11.9 Å². The van der Waals surface area contributed by atoms with Gasteiger partial charge < -0.3 is 9.47 Å². The molecule has 0 aliphatic rings. The Bertz CT molecular complexity index is 597. The van der Waals surface area contributed by atoms with E-state index in [1.54, 1.807) is 12.1 Å². The first-order chi connectivity index (χ1) is 15.1. The Morgan fingerprint density at radius 1 is 0.645 bits per heavy atom. The van der Waals surface area contributed by atoms with E-state index in [9.17, 15) is 9.59 Å². The number of aryl methyl sites for hydroxylation is 1. The maximum atomic E-state index is 11.8. The number of hydrogen-bond acceptors (Lipinski definition) is 4. The van der Waals surface area contributed by atoms with Crippen LogP contribution in [0.3, 0.4) is 0 Å². The number of esters is 2. The van der Waals surface area contributed by atoms with Crippen LogP contribution in [0.2, 0.25) is 0 Å². The van der Waals surface area contributed by atoms with Gasteiger partial charge in [0, 0.05) is 0 Å². The molecule has 0 fully saturated rings. The first-order valence-electron chi connectivity index (χ1n) is 12.6. The SMILES string of the molecule is CCCCCCCCCCCCCCCCCCOC(=O)C(=O)Oc1ccccc1C. The molecule has 1 aromatic carbocycles. The lowest BCUT2D eigenvalue weighted by atomic mass is 10.0. The van der Waals surface area contributed by atoms with Crippen LogP contribution in [0.15, 0.2) is 24.3 Å². The fourth-order valence-electron chi connectivity index (χ4n) is 3.69. The van der Waals surface area contributed by atoms with E-state index >= 15 is 0 Å². The molecule has 0 N–H and O–H groups in total. The summed E-state index contributed by atoms with van der Waals surface area (Å²) in [6.07, 6.45) is 20.8. The fourth-order valence-corrected chi connectivity index (χ4v) is 3.69. The van der Waals surface area contributed by atoms with Crippen LogP contribution in [0.1, 0.15) is 115 Å². The molecule has 0 aliphatic carbocycles. The van der Waals surface area contributed by atoms with Crippen LogP contribution in [0.5, 0.6) is 5.75 Å². The Morgan fingerprint density at radius 3 is 1.58 bits per heavy atom. The van der Waals surface area contributed by atoms with Crippen LogP contribution in [0.4, 0.5) is 0 Å². The molecule has 176 valence electrons. The lowest BCUT2D eigenvalue weighted by Gasteiger charge is -2.07. The molecule has 31 heavy (non-hydrogen) atoms. The van der Waals surface area contributed by atoms with Crippen LogP contribution < -0.4 is 4.74 Å². The number of carbonyl (C=O) groups excluding carboxylic acids is 2. The van der Waals surface area contributed by atoms with Gasteiger partial charge in [0.05, 0.1) is 6.61 Å². The summed E-state index contributed by atoms with van der Waals surface area (Å²) < 4.78 is 10.1. The molecule has 0 aliphatic heterocycles. The molecule has 1 aromatic rings. The number of carbonyl (C=O) groups is 2. The first kappa shape index (κ1) is 27.2. The van der Waals surface area contributed by atoms with Gasteiger partial charge in [-0.05, 0) is 25.0 Å². The standard InChI is InChI=1S/C27H44O4/c1-3-4-5-6-7-8-9-10-11-12-13-14-15-16-17-20-23-30-26(28)27(29)31-25-22-19-18-21-24(25)2/h18-19,21-22H,3-17,20,23H2,1-2H3. The first-order valence-corrected chi connectivity index (χ1v) is 12.6. The predicted molar refractivity (Wildman–Crippen MR) is 127 cm³/mol. The second kappa shape index (κ2) is 18.9. The summed E-state index contributed by atoms with van der Waals surface area (Å²) in [5.74, 6) is -1.47. The van der Waals surface area contributed by atoms with Gasteiger partial charge in [-0.1, -0.05) is 121 Å². The van der Waals surface area contributed by atoms with Crippen molar-refractivity contribution in [2.45, 2.75) is 117 Å². The van der Waals surface area contributed by atoms with Crippen molar-refractivity contribution in [3.05, 3.63) is 29.8 Å². The zero-order chi connectivity index (χ0) is 22.6. The van der Waals surface area contributed by atoms with E-state index in [-0.39, 0.29) is 6.61 Å². The van der Waals surface area contributed by atoms with Crippen LogP contribution in [0.25, 0.3) is 0 Å². The van der Waals surface area contributed by atoms with Gasteiger partial charge in [0.25, 0.3) is 0 Å². The van der Waals surface area contributed by atoms with Crippen molar-refractivity contribution in [3.63, 3.8) is 0 Å². The van der Waals surface area contributed by atoms with Gasteiger partial charge in [0.2, 0.25) is 0 Å². The molecule has 0 atom stereocenters. The summed E-state index contributed by atoms with van der Waals surface area (Å²) in [5.41, 5.74) is 0.807. The second-order valence-electron chi connectivity index (χ2n) is 8.59. The van der Waals surface area contributed by atoms with Gasteiger partial charge in [-0.2, -0.15) is 0 Å². The van der Waals surface area contributed by atoms with E-state index in [1.165, 1.54) is 83.5 Å². The Labute approximate surface area is 190 Å². The molecule has 0 radical (unpaired) electrons. The fraction of sp³-hybridized carbons (Fsp3) is 0.704. The van der Waals surface area contributed by atoms with Crippen LogP contribution in [-0.4, -0.2) is 18.5 Å². The van der Waals surface area contributed by atoms with E-state index in [2.05, 4.69) is 6.92 Å². The Hall–Kier alpha value is -1.84. The van der Waals surface area contributed by atoms with E-state index in [1.807, 2.05) is 19.1 Å². The lowest BCUT2D eigenvalue weighted by Crippen LogP contribution is -2.23. The summed E-state index contributed by atoms with van der Waals surface area (Å²) in [6.45, 7) is 4.37. The third-order valence-corrected chi connectivity index (χ3v) is 5.69. The third-order valence-electron chi connectivity index (χ3n) is 5.69. The number of unbranched alkanes of at least 4 members (excludes halogenated alkanes) is 15. The minimum absolute atomic E-state index is 0.278. The van der Waals surface area contributed by atoms with Crippen LogP contribution >= 0.6 is 0 Å². The molecule has 0 aromatic heterocycles. The highest BCUT2D eigenvalue weighted by Crippen LogP contribution is 2.17. The molecule has 0 spiro atoms. The number of benzene rings is 1. The van der Waals surface area contributed by atoms with Gasteiger partial charge in [0.1, 0.15) is 5.75 Å². The molecule has 0 saturated carbocycles. The minimum atomic E-state index is -0.953. The average molecular weight is 433 g/mol. The van der Waals surface area contributed by atoms with Crippen molar-refractivity contribution in [2.24, 2.45) is 0 Å². The molecule has 1 rings (SSSR count). The Kier molecular flexibility index (Phi) is 16.6. The molecule has 0 saturated heterocycles. The summed E-state index contributed by atoms with van der Waals surface area (Å²) in [6, 6.07) is 7.10.